The van der Waals surface area contributed by atoms with Crippen molar-refractivity contribution in [2.45, 2.75) is 98.1 Å². The molecule has 0 aliphatic heterocycles. The van der Waals surface area contributed by atoms with Crippen LogP contribution in [-0.4, -0.2) is 135 Å². The van der Waals surface area contributed by atoms with Crippen LogP contribution in [0.15, 0.2) is 34.6 Å². The first-order chi connectivity index (χ1) is 24.7. The lowest BCUT2D eigenvalue weighted by molar-refractivity contribution is -0.380. The fourth-order valence-corrected chi connectivity index (χ4v) is 4.95. The lowest BCUT2D eigenvalue weighted by Crippen LogP contribution is -2.33. The van der Waals surface area contributed by atoms with Gasteiger partial charge in [0.1, 0.15) is 6.20 Å². The van der Waals surface area contributed by atoms with Crippen LogP contribution >= 0.6 is 11.3 Å². The fraction of sp³-hybridized carbons (Fsp3) is 0.743. The van der Waals surface area contributed by atoms with E-state index in [1.54, 1.807) is 13.8 Å². The molecule has 0 saturated heterocycles. The molecule has 0 bridgehead atoms. The number of anilines is 1. The summed E-state index contributed by atoms with van der Waals surface area (Å²) >= 11 is 0.860. The van der Waals surface area contributed by atoms with Crippen molar-refractivity contribution in [3.63, 3.8) is 0 Å². The monoisotopic (exact) mass is 757 g/mol. The predicted octanol–water partition coefficient (Wildman–Crippen LogP) is 5.40. The quantitative estimate of drug-likeness (QED) is 0.0465. The second-order valence-electron chi connectivity index (χ2n) is 13.0. The number of ether oxygens (including phenoxy) is 7. The van der Waals surface area contributed by atoms with E-state index in [2.05, 4.69) is 20.1 Å². The Bertz CT molecular complexity index is 1300. The summed E-state index contributed by atoms with van der Waals surface area (Å²) in [5.74, 6) is 0. The number of thiazole rings is 1. The second kappa shape index (κ2) is 25.3. The van der Waals surface area contributed by atoms with Gasteiger partial charge in [-0.2, -0.15) is 0 Å². The van der Waals surface area contributed by atoms with Crippen molar-refractivity contribution in [1.29, 1.82) is 0 Å². The van der Waals surface area contributed by atoms with Crippen LogP contribution < -0.4 is 4.90 Å². The minimum absolute atomic E-state index is 0.0935. The second-order valence-corrected chi connectivity index (χ2v) is 14.0. The van der Waals surface area contributed by atoms with Crippen molar-refractivity contribution in [1.82, 2.24) is 4.98 Å². The van der Waals surface area contributed by atoms with Gasteiger partial charge in [0.15, 0.2) is 0 Å². The molecule has 0 fully saturated rings. The molecule has 2 rings (SSSR count). The maximum Gasteiger partial charge on any atom is 0.345 e. The highest BCUT2D eigenvalue weighted by atomic mass is 32.1. The van der Waals surface area contributed by atoms with Gasteiger partial charge in [-0.15, -0.1) is 10.2 Å². The molecule has 296 valence electrons. The number of nitro groups is 1. The zero-order chi connectivity index (χ0) is 38.5. The van der Waals surface area contributed by atoms with E-state index >= 15 is 0 Å². The van der Waals surface area contributed by atoms with Crippen LogP contribution in [0.1, 0.15) is 54.0 Å². The molecule has 7 atom stereocenters. The largest absolute Gasteiger partial charge is 0.391 e. The number of rotatable bonds is 29. The summed E-state index contributed by atoms with van der Waals surface area (Å²) in [4.78, 5) is 16.6. The number of nitrogens with zero attached hydrogens (tertiary/aromatic N) is 5. The summed E-state index contributed by atoms with van der Waals surface area (Å²) in [5.41, 5.74) is 2.44. The highest BCUT2D eigenvalue weighted by Crippen LogP contribution is 2.31. The summed E-state index contributed by atoms with van der Waals surface area (Å²) in [6.45, 7) is 19.6. The van der Waals surface area contributed by atoms with Crippen LogP contribution in [-0.2, 0) is 33.2 Å². The van der Waals surface area contributed by atoms with Crippen molar-refractivity contribution in [2.24, 2.45) is 10.2 Å². The minimum Gasteiger partial charge on any atom is -0.391 e. The summed E-state index contributed by atoms with van der Waals surface area (Å²) in [6, 6.07) is 5.79. The van der Waals surface area contributed by atoms with E-state index < -0.39 is 17.1 Å². The topological polar surface area (TPSA) is 189 Å². The van der Waals surface area contributed by atoms with E-state index in [0.29, 0.717) is 65.0 Å². The standard InChI is InChI=1S/C35H59N5O11S/c1-24-15-32(9-10-33(24)37-38-35-36-16-34(52-35)40(43)44)39(11-13-45-19-27(4)49-21-29(6)47-17-25(2)41)12-14-46-20-28(5)50-23-31(8)51-22-30(7)48-18-26(3)42/h9-10,15-16,25-31,41-42H,11-14,17-23H2,1-8H3. The van der Waals surface area contributed by atoms with Crippen LogP contribution in [0.4, 0.5) is 21.5 Å². The normalized spacial score (nSPS) is 16.0. The van der Waals surface area contributed by atoms with Gasteiger partial charge in [-0.25, -0.2) is 4.98 Å². The maximum atomic E-state index is 11.0. The number of aliphatic hydroxyl groups excluding tert-OH is 2. The van der Waals surface area contributed by atoms with Crippen LogP contribution in [0.2, 0.25) is 0 Å². The number of aromatic nitrogens is 1. The maximum absolute atomic E-state index is 11.0. The van der Waals surface area contributed by atoms with Crippen molar-refractivity contribution in [3.8, 4) is 0 Å². The third-order valence-electron chi connectivity index (χ3n) is 7.26. The van der Waals surface area contributed by atoms with E-state index in [9.17, 15) is 20.3 Å². The first-order valence-electron chi connectivity index (χ1n) is 17.7. The highest BCUT2D eigenvalue weighted by Gasteiger charge is 2.15. The van der Waals surface area contributed by atoms with Gasteiger partial charge in [-0.05, 0) is 90.5 Å². The Morgan fingerprint density at radius 1 is 0.750 bits per heavy atom. The van der Waals surface area contributed by atoms with Gasteiger partial charge in [-0.1, -0.05) is 0 Å². The Morgan fingerprint density at radius 2 is 1.21 bits per heavy atom. The molecule has 1 aromatic heterocycles. The van der Waals surface area contributed by atoms with E-state index in [1.165, 1.54) is 6.20 Å². The van der Waals surface area contributed by atoms with Crippen molar-refractivity contribution >= 4 is 32.8 Å². The van der Waals surface area contributed by atoms with E-state index in [-0.39, 0.29) is 53.9 Å². The molecule has 0 radical (unpaired) electrons. The summed E-state index contributed by atoms with van der Waals surface area (Å²) < 4.78 is 40.6. The lowest BCUT2D eigenvalue weighted by atomic mass is 10.1. The Balaban J connectivity index is 1.90. The van der Waals surface area contributed by atoms with Crippen molar-refractivity contribution in [3.05, 3.63) is 40.1 Å². The summed E-state index contributed by atoms with van der Waals surface area (Å²) in [7, 11) is 0. The molecule has 0 aliphatic rings. The van der Waals surface area contributed by atoms with Gasteiger partial charge in [-0.3, -0.25) is 10.1 Å². The average molecular weight is 758 g/mol. The van der Waals surface area contributed by atoms with Gasteiger partial charge in [0.25, 0.3) is 0 Å². The molecule has 7 unspecified atom stereocenters. The lowest BCUT2D eigenvalue weighted by Gasteiger charge is -2.26. The van der Waals surface area contributed by atoms with E-state index in [4.69, 9.17) is 33.2 Å². The molecule has 0 amide bonds. The summed E-state index contributed by atoms with van der Waals surface area (Å²) in [5, 5.41) is 38.2. The first kappa shape index (κ1) is 45.4. The zero-order valence-electron chi connectivity index (χ0n) is 31.8. The predicted molar refractivity (Wildman–Crippen MR) is 198 cm³/mol. The van der Waals surface area contributed by atoms with E-state index in [1.807, 2.05) is 59.7 Å². The number of azo groups is 1. The smallest absolute Gasteiger partial charge is 0.345 e. The molecule has 0 spiro atoms. The van der Waals surface area contributed by atoms with Gasteiger partial charge in [0.05, 0.1) is 113 Å². The molecule has 0 saturated carbocycles. The number of benzene rings is 1. The molecule has 1 heterocycles. The average Bonchev–Trinajstić information content (AvgIpc) is 3.58. The third-order valence-corrected chi connectivity index (χ3v) is 8.09. The molecular weight excluding hydrogens is 698 g/mol. The highest BCUT2D eigenvalue weighted by molar-refractivity contribution is 7.18. The number of hydrogen-bond acceptors (Lipinski definition) is 16. The molecule has 16 nitrogen and oxygen atoms in total. The van der Waals surface area contributed by atoms with Crippen molar-refractivity contribution < 1.29 is 48.3 Å². The summed E-state index contributed by atoms with van der Waals surface area (Å²) in [6.07, 6.45) is -0.537. The SMILES string of the molecule is Cc1cc(N(CCOCC(C)OCC(C)OCC(C)O)CCOCC(C)OCC(C)OCC(C)OCC(C)O)ccc1N=Nc1ncc([N+](=O)[O-])s1. The number of aryl methyl sites for hydroxylation is 1. The van der Waals surface area contributed by atoms with Crippen LogP contribution in [0, 0.1) is 17.0 Å². The Hall–Kier alpha value is -2.71. The molecule has 17 heteroatoms. The van der Waals surface area contributed by atoms with Gasteiger partial charge in [0, 0.05) is 18.8 Å². The molecule has 52 heavy (non-hydrogen) atoms. The molecule has 2 N–H and O–H groups in total. The number of hydrogen-bond donors (Lipinski definition) is 2. The molecule has 2 aromatic rings. The molecule has 0 aliphatic carbocycles. The number of aliphatic hydroxyl groups is 2. The van der Waals surface area contributed by atoms with E-state index in [0.717, 1.165) is 22.6 Å². The zero-order valence-corrected chi connectivity index (χ0v) is 32.7. The Morgan fingerprint density at radius 3 is 1.63 bits per heavy atom. The Labute approximate surface area is 311 Å². The minimum atomic E-state index is -0.523. The van der Waals surface area contributed by atoms with Crippen LogP contribution in [0.5, 0.6) is 0 Å². The molecular formula is C35H59N5O11S. The Kier molecular flexibility index (Phi) is 22.1. The molecule has 1 aromatic carbocycles. The fourth-order valence-electron chi connectivity index (χ4n) is 4.40. The van der Waals surface area contributed by atoms with Crippen molar-refractivity contribution in [2.75, 3.05) is 77.5 Å². The van der Waals surface area contributed by atoms with Gasteiger partial charge in [0.2, 0.25) is 5.13 Å². The van der Waals surface area contributed by atoms with Gasteiger partial charge < -0.3 is 48.3 Å². The first-order valence-corrected chi connectivity index (χ1v) is 18.5. The van der Waals surface area contributed by atoms with Gasteiger partial charge >= 0.3 is 5.00 Å². The van der Waals surface area contributed by atoms with Crippen LogP contribution in [0.3, 0.4) is 0 Å². The third kappa shape index (κ3) is 19.9. The van der Waals surface area contributed by atoms with Crippen LogP contribution in [0.25, 0.3) is 0 Å².